The molecule has 0 unspecified atom stereocenters. The SMILES string of the molecule is C/C=C(\OC(C)=O)c1cc(C)c(Br)cn1. The third-order valence-corrected chi connectivity index (χ3v) is 2.65. The first kappa shape index (κ1) is 11.9. The van der Waals surface area contributed by atoms with Crippen LogP contribution in [0.3, 0.4) is 0 Å². The summed E-state index contributed by atoms with van der Waals surface area (Å²) >= 11 is 3.36. The number of allylic oxidation sites excluding steroid dienone is 1. The maximum atomic E-state index is 10.8. The van der Waals surface area contributed by atoms with Crippen molar-refractivity contribution in [2.24, 2.45) is 0 Å². The normalized spacial score (nSPS) is 11.3. The van der Waals surface area contributed by atoms with Crippen LogP contribution < -0.4 is 0 Å². The van der Waals surface area contributed by atoms with Crippen LogP contribution in [0, 0.1) is 6.92 Å². The van der Waals surface area contributed by atoms with Gasteiger partial charge in [-0.05, 0) is 47.5 Å². The zero-order chi connectivity index (χ0) is 11.4. The Morgan fingerprint density at radius 1 is 1.60 bits per heavy atom. The second-order valence-corrected chi connectivity index (χ2v) is 3.92. The van der Waals surface area contributed by atoms with Crippen molar-refractivity contribution in [1.82, 2.24) is 4.98 Å². The Labute approximate surface area is 97.3 Å². The fourth-order valence-corrected chi connectivity index (χ4v) is 1.30. The lowest BCUT2D eigenvalue weighted by molar-refractivity contribution is -0.134. The summed E-state index contributed by atoms with van der Waals surface area (Å²) in [6.07, 6.45) is 3.41. The van der Waals surface area contributed by atoms with E-state index in [9.17, 15) is 4.79 Å². The molecule has 1 rings (SSSR count). The fraction of sp³-hybridized carbons (Fsp3) is 0.273. The van der Waals surface area contributed by atoms with Crippen LogP contribution >= 0.6 is 15.9 Å². The number of aromatic nitrogens is 1. The van der Waals surface area contributed by atoms with Gasteiger partial charge in [0.1, 0.15) is 5.69 Å². The standard InChI is InChI=1S/C11H12BrNO2/c1-4-11(15-8(3)14)10-5-7(2)9(12)6-13-10/h4-6H,1-3H3/b11-4-. The van der Waals surface area contributed by atoms with Crippen molar-refractivity contribution < 1.29 is 9.53 Å². The molecule has 0 saturated heterocycles. The van der Waals surface area contributed by atoms with E-state index in [1.165, 1.54) is 6.92 Å². The Bertz CT molecular complexity index is 413. The number of rotatable bonds is 2. The van der Waals surface area contributed by atoms with E-state index in [-0.39, 0.29) is 5.97 Å². The molecule has 3 nitrogen and oxygen atoms in total. The quantitative estimate of drug-likeness (QED) is 0.612. The third kappa shape index (κ3) is 3.16. The zero-order valence-electron chi connectivity index (χ0n) is 8.87. The van der Waals surface area contributed by atoms with Crippen molar-refractivity contribution in [1.29, 1.82) is 0 Å². The van der Waals surface area contributed by atoms with Gasteiger partial charge >= 0.3 is 5.97 Å². The minimum Gasteiger partial charge on any atom is -0.425 e. The predicted octanol–water partition coefficient (Wildman–Crippen LogP) is 3.08. The molecule has 0 aliphatic heterocycles. The summed E-state index contributed by atoms with van der Waals surface area (Å²) < 4.78 is 5.96. The van der Waals surface area contributed by atoms with Gasteiger partial charge in [-0.3, -0.25) is 9.78 Å². The molecule has 0 spiro atoms. The highest BCUT2D eigenvalue weighted by atomic mass is 79.9. The molecule has 0 N–H and O–H groups in total. The number of nitrogens with zero attached hydrogens (tertiary/aromatic N) is 1. The molecule has 0 bridgehead atoms. The predicted molar refractivity (Wildman–Crippen MR) is 62.1 cm³/mol. The van der Waals surface area contributed by atoms with Crippen LogP contribution in [0.15, 0.2) is 22.8 Å². The van der Waals surface area contributed by atoms with Crippen molar-refractivity contribution in [2.75, 3.05) is 0 Å². The molecular weight excluding hydrogens is 258 g/mol. The molecule has 0 saturated carbocycles. The van der Waals surface area contributed by atoms with Gasteiger partial charge in [0, 0.05) is 17.6 Å². The van der Waals surface area contributed by atoms with Gasteiger partial charge in [-0.15, -0.1) is 0 Å². The zero-order valence-corrected chi connectivity index (χ0v) is 10.5. The van der Waals surface area contributed by atoms with Crippen LogP contribution in [0.25, 0.3) is 5.76 Å². The lowest BCUT2D eigenvalue weighted by atomic mass is 10.2. The summed E-state index contributed by atoms with van der Waals surface area (Å²) in [5.74, 6) is 0.142. The van der Waals surface area contributed by atoms with E-state index in [4.69, 9.17) is 4.74 Å². The van der Waals surface area contributed by atoms with Gasteiger partial charge in [-0.1, -0.05) is 0 Å². The highest BCUT2D eigenvalue weighted by Crippen LogP contribution is 2.20. The van der Waals surface area contributed by atoms with Gasteiger partial charge < -0.3 is 4.74 Å². The molecule has 1 heterocycles. The van der Waals surface area contributed by atoms with Crippen LogP contribution in [0.1, 0.15) is 25.1 Å². The molecule has 1 aromatic rings. The number of hydrogen-bond donors (Lipinski definition) is 0. The van der Waals surface area contributed by atoms with E-state index in [1.807, 2.05) is 13.0 Å². The summed E-state index contributed by atoms with van der Waals surface area (Å²) in [5, 5.41) is 0. The van der Waals surface area contributed by atoms with E-state index in [0.717, 1.165) is 10.0 Å². The number of ether oxygens (including phenoxy) is 1. The highest BCUT2D eigenvalue weighted by molar-refractivity contribution is 9.10. The molecule has 15 heavy (non-hydrogen) atoms. The Hall–Kier alpha value is -1.16. The summed E-state index contributed by atoms with van der Waals surface area (Å²) in [6, 6.07) is 1.86. The number of halogens is 1. The van der Waals surface area contributed by atoms with E-state index in [0.29, 0.717) is 11.5 Å². The van der Waals surface area contributed by atoms with Crippen LogP contribution in [0.2, 0.25) is 0 Å². The molecule has 0 aromatic carbocycles. The summed E-state index contributed by atoms with van der Waals surface area (Å²) in [7, 11) is 0. The molecule has 4 heteroatoms. The van der Waals surface area contributed by atoms with Gasteiger partial charge in [0.15, 0.2) is 5.76 Å². The Morgan fingerprint density at radius 2 is 2.27 bits per heavy atom. The fourth-order valence-electron chi connectivity index (χ4n) is 1.09. The molecule has 0 atom stereocenters. The van der Waals surface area contributed by atoms with Crippen molar-refractivity contribution in [3.63, 3.8) is 0 Å². The van der Waals surface area contributed by atoms with Crippen LogP contribution in [-0.2, 0) is 9.53 Å². The number of pyridine rings is 1. The van der Waals surface area contributed by atoms with Gasteiger partial charge in [0.2, 0.25) is 0 Å². The van der Waals surface area contributed by atoms with Crippen molar-refractivity contribution >= 4 is 27.7 Å². The molecule has 0 radical (unpaired) electrons. The number of hydrogen-bond acceptors (Lipinski definition) is 3. The van der Waals surface area contributed by atoms with Gasteiger partial charge in [-0.25, -0.2) is 0 Å². The Morgan fingerprint density at radius 3 is 2.73 bits per heavy atom. The second-order valence-electron chi connectivity index (χ2n) is 3.07. The Balaban J connectivity index is 3.03. The average Bonchev–Trinajstić information content (AvgIpc) is 2.18. The van der Waals surface area contributed by atoms with Gasteiger partial charge in [0.25, 0.3) is 0 Å². The van der Waals surface area contributed by atoms with Crippen LogP contribution in [-0.4, -0.2) is 11.0 Å². The van der Waals surface area contributed by atoms with E-state index in [1.54, 1.807) is 19.2 Å². The van der Waals surface area contributed by atoms with Crippen molar-refractivity contribution in [2.45, 2.75) is 20.8 Å². The highest BCUT2D eigenvalue weighted by Gasteiger charge is 2.07. The second kappa shape index (κ2) is 5.07. The number of aryl methyl sites for hydroxylation is 1. The van der Waals surface area contributed by atoms with Crippen LogP contribution in [0.4, 0.5) is 0 Å². The van der Waals surface area contributed by atoms with E-state index in [2.05, 4.69) is 20.9 Å². The first-order valence-corrected chi connectivity index (χ1v) is 5.31. The number of carbonyl (C=O) groups is 1. The van der Waals surface area contributed by atoms with Crippen molar-refractivity contribution in [3.8, 4) is 0 Å². The third-order valence-electron chi connectivity index (χ3n) is 1.82. The largest absolute Gasteiger partial charge is 0.425 e. The summed E-state index contributed by atoms with van der Waals surface area (Å²) in [5.41, 5.74) is 1.71. The maximum Gasteiger partial charge on any atom is 0.308 e. The smallest absolute Gasteiger partial charge is 0.308 e. The first-order valence-electron chi connectivity index (χ1n) is 4.52. The lowest BCUT2D eigenvalue weighted by Gasteiger charge is -2.07. The molecule has 0 aliphatic rings. The van der Waals surface area contributed by atoms with Gasteiger partial charge in [-0.2, -0.15) is 0 Å². The number of carbonyl (C=O) groups excluding carboxylic acids is 1. The molecule has 0 amide bonds. The molecule has 1 aromatic heterocycles. The first-order chi connectivity index (χ1) is 7.04. The Kier molecular flexibility index (Phi) is 4.03. The monoisotopic (exact) mass is 269 g/mol. The lowest BCUT2D eigenvalue weighted by Crippen LogP contribution is -2.00. The molecule has 80 valence electrons. The van der Waals surface area contributed by atoms with E-state index >= 15 is 0 Å². The molecular formula is C11H12BrNO2. The molecule has 0 fully saturated rings. The van der Waals surface area contributed by atoms with E-state index < -0.39 is 0 Å². The summed E-state index contributed by atoms with van der Waals surface area (Å²) in [4.78, 5) is 15.0. The minimum absolute atomic E-state index is 0.342. The maximum absolute atomic E-state index is 10.8. The summed E-state index contributed by atoms with van der Waals surface area (Å²) in [6.45, 7) is 5.13. The average molecular weight is 270 g/mol. The van der Waals surface area contributed by atoms with Crippen molar-refractivity contribution in [3.05, 3.63) is 34.1 Å². The van der Waals surface area contributed by atoms with Gasteiger partial charge in [0.05, 0.1) is 0 Å². The topological polar surface area (TPSA) is 39.2 Å². The number of esters is 1. The molecule has 0 aliphatic carbocycles. The minimum atomic E-state index is -0.342. The van der Waals surface area contributed by atoms with Crippen LogP contribution in [0.5, 0.6) is 0 Å².